The highest BCUT2D eigenvalue weighted by atomic mass is 35.5. The fraction of sp³-hybridized carbons (Fsp3) is 0.211. The molecule has 0 bridgehead atoms. The van der Waals surface area contributed by atoms with Crippen molar-refractivity contribution in [3.05, 3.63) is 63.5 Å². The second-order valence-electron chi connectivity index (χ2n) is 5.79. The number of fused-ring (bicyclic) bond motifs is 1. The van der Waals surface area contributed by atoms with E-state index in [4.69, 9.17) is 25.5 Å². The third kappa shape index (κ3) is 2.90. The Hall–Kier alpha value is -2.30. The van der Waals surface area contributed by atoms with E-state index in [0.717, 1.165) is 12.2 Å². The molecule has 1 saturated heterocycles. The lowest BCUT2D eigenvalue weighted by molar-refractivity contribution is 0.263. The zero-order chi connectivity index (χ0) is 16.7. The Balaban J connectivity index is 1.77. The predicted molar refractivity (Wildman–Crippen MR) is 92.9 cm³/mol. The molecule has 1 atom stereocenters. The Morgan fingerprint density at radius 1 is 1.21 bits per heavy atom. The molecule has 4 rings (SSSR count). The first kappa shape index (κ1) is 15.2. The maximum atomic E-state index is 12.9. The van der Waals surface area contributed by atoms with Gasteiger partial charge in [-0.15, -0.1) is 0 Å². The molecule has 2 aromatic carbocycles. The lowest BCUT2D eigenvalue weighted by Crippen LogP contribution is -2.08. The number of halogens is 1. The van der Waals surface area contributed by atoms with Gasteiger partial charge in [0.2, 0.25) is 5.43 Å². The van der Waals surface area contributed by atoms with Crippen molar-refractivity contribution >= 4 is 22.6 Å². The molecule has 3 aromatic rings. The number of epoxide rings is 1. The fourth-order valence-electron chi connectivity index (χ4n) is 2.68. The standard InChI is InChI=1S/C19H15ClO4/c1-11-18(12-2-4-13(20)5-3-12)19(21)16-7-6-14(8-17(16)24-11)22-9-15-10-23-15/h2-8,15H,9-10H2,1H3. The van der Waals surface area contributed by atoms with E-state index < -0.39 is 0 Å². The van der Waals surface area contributed by atoms with Gasteiger partial charge in [-0.2, -0.15) is 0 Å². The van der Waals surface area contributed by atoms with Gasteiger partial charge in [0.25, 0.3) is 0 Å². The Labute approximate surface area is 143 Å². The summed E-state index contributed by atoms with van der Waals surface area (Å²) < 4.78 is 16.6. The molecule has 2 heterocycles. The topological polar surface area (TPSA) is 52.0 Å². The first-order chi connectivity index (χ1) is 11.6. The summed E-state index contributed by atoms with van der Waals surface area (Å²) >= 11 is 5.92. The number of benzene rings is 2. The van der Waals surface area contributed by atoms with Gasteiger partial charge in [0, 0.05) is 11.1 Å². The van der Waals surface area contributed by atoms with E-state index in [2.05, 4.69) is 0 Å². The van der Waals surface area contributed by atoms with Crippen molar-refractivity contribution in [2.24, 2.45) is 0 Å². The van der Waals surface area contributed by atoms with Crippen LogP contribution in [0.3, 0.4) is 0 Å². The second-order valence-corrected chi connectivity index (χ2v) is 6.23. The molecule has 1 aromatic heterocycles. The van der Waals surface area contributed by atoms with Gasteiger partial charge < -0.3 is 13.9 Å². The fourth-order valence-corrected chi connectivity index (χ4v) is 2.81. The van der Waals surface area contributed by atoms with Gasteiger partial charge in [0.15, 0.2) is 0 Å². The molecule has 5 heteroatoms. The molecule has 1 aliphatic heterocycles. The van der Waals surface area contributed by atoms with E-state index in [0.29, 0.717) is 39.7 Å². The van der Waals surface area contributed by atoms with Crippen LogP contribution in [0.2, 0.25) is 5.02 Å². The molecule has 0 spiro atoms. The molecule has 122 valence electrons. The van der Waals surface area contributed by atoms with Crippen LogP contribution in [0.5, 0.6) is 5.75 Å². The van der Waals surface area contributed by atoms with Gasteiger partial charge in [0.1, 0.15) is 29.8 Å². The van der Waals surface area contributed by atoms with Gasteiger partial charge in [0.05, 0.1) is 17.6 Å². The molecule has 1 aliphatic rings. The average molecular weight is 343 g/mol. The van der Waals surface area contributed by atoms with Gasteiger partial charge >= 0.3 is 0 Å². The van der Waals surface area contributed by atoms with E-state index in [1.165, 1.54) is 0 Å². The third-order valence-corrected chi connectivity index (χ3v) is 4.26. The van der Waals surface area contributed by atoms with Crippen molar-refractivity contribution in [2.75, 3.05) is 13.2 Å². The Morgan fingerprint density at radius 3 is 2.67 bits per heavy atom. The van der Waals surface area contributed by atoms with Crippen LogP contribution in [0, 0.1) is 6.92 Å². The summed E-state index contributed by atoms with van der Waals surface area (Å²) in [6, 6.07) is 12.4. The maximum Gasteiger partial charge on any atom is 0.200 e. The maximum absolute atomic E-state index is 12.9. The quantitative estimate of drug-likeness (QED) is 0.667. The predicted octanol–water partition coefficient (Wildman–Crippen LogP) is 4.20. The SMILES string of the molecule is Cc1oc2cc(OCC3CO3)ccc2c(=O)c1-c1ccc(Cl)cc1. The molecule has 0 N–H and O–H groups in total. The highest BCUT2D eigenvalue weighted by molar-refractivity contribution is 6.30. The van der Waals surface area contributed by atoms with Gasteiger partial charge in [-0.25, -0.2) is 0 Å². The van der Waals surface area contributed by atoms with Crippen LogP contribution < -0.4 is 10.2 Å². The van der Waals surface area contributed by atoms with Crippen LogP contribution in [0.25, 0.3) is 22.1 Å². The van der Waals surface area contributed by atoms with Crippen LogP contribution in [-0.2, 0) is 4.74 Å². The lowest BCUT2D eigenvalue weighted by Gasteiger charge is -2.09. The molecule has 4 nitrogen and oxygen atoms in total. The summed E-state index contributed by atoms with van der Waals surface area (Å²) in [5.41, 5.74) is 1.80. The van der Waals surface area contributed by atoms with Crippen molar-refractivity contribution in [3.63, 3.8) is 0 Å². The zero-order valence-electron chi connectivity index (χ0n) is 13.0. The Bertz CT molecular complexity index is 956. The molecule has 0 radical (unpaired) electrons. The smallest absolute Gasteiger partial charge is 0.200 e. The summed E-state index contributed by atoms with van der Waals surface area (Å²) in [6.07, 6.45) is 0.182. The van der Waals surface area contributed by atoms with Crippen molar-refractivity contribution in [3.8, 4) is 16.9 Å². The molecule has 24 heavy (non-hydrogen) atoms. The van der Waals surface area contributed by atoms with Crippen molar-refractivity contribution in [1.29, 1.82) is 0 Å². The minimum atomic E-state index is -0.0619. The van der Waals surface area contributed by atoms with Crippen LogP contribution in [0.15, 0.2) is 51.7 Å². The zero-order valence-corrected chi connectivity index (χ0v) is 13.8. The van der Waals surface area contributed by atoms with Crippen LogP contribution >= 0.6 is 11.6 Å². The van der Waals surface area contributed by atoms with Gasteiger partial charge in [-0.05, 0) is 36.8 Å². The summed E-state index contributed by atoms with van der Waals surface area (Å²) in [7, 11) is 0. The van der Waals surface area contributed by atoms with E-state index in [1.807, 2.05) is 12.1 Å². The Kier molecular flexibility index (Phi) is 3.79. The highest BCUT2D eigenvalue weighted by Gasteiger charge is 2.23. The normalized spacial score (nSPS) is 16.3. The molecule has 0 aliphatic carbocycles. The number of rotatable bonds is 4. The number of hydrogen-bond donors (Lipinski definition) is 0. The average Bonchev–Trinajstić information content (AvgIpc) is 3.39. The van der Waals surface area contributed by atoms with Crippen LogP contribution in [-0.4, -0.2) is 19.3 Å². The van der Waals surface area contributed by atoms with Crippen LogP contribution in [0.4, 0.5) is 0 Å². The van der Waals surface area contributed by atoms with Crippen LogP contribution in [0.1, 0.15) is 5.76 Å². The summed E-state index contributed by atoms with van der Waals surface area (Å²) in [6.45, 7) is 3.04. The summed E-state index contributed by atoms with van der Waals surface area (Å²) in [5, 5.41) is 1.16. The summed E-state index contributed by atoms with van der Waals surface area (Å²) in [5.74, 6) is 1.23. The van der Waals surface area contributed by atoms with E-state index in [1.54, 1.807) is 37.3 Å². The minimum Gasteiger partial charge on any atom is -0.491 e. The van der Waals surface area contributed by atoms with Crippen molar-refractivity contribution < 1.29 is 13.9 Å². The van der Waals surface area contributed by atoms with Gasteiger partial charge in [-0.3, -0.25) is 4.79 Å². The molecular weight excluding hydrogens is 328 g/mol. The first-order valence-electron chi connectivity index (χ1n) is 7.69. The molecular formula is C19H15ClO4. The third-order valence-electron chi connectivity index (χ3n) is 4.01. The molecule has 0 amide bonds. The van der Waals surface area contributed by atoms with E-state index in [-0.39, 0.29) is 11.5 Å². The van der Waals surface area contributed by atoms with E-state index >= 15 is 0 Å². The van der Waals surface area contributed by atoms with Crippen molar-refractivity contribution in [2.45, 2.75) is 13.0 Å². The molecule has 1 unspecified atom stereocenters. The summed E-state index contributed by atoms with van der Waals surface area (Å²) in [4.78, 5) is 12.9. The van der Waals surface area contributed by atoms with Gasteiger partial charge in [-0.1, -0.05) is 23.7 Å². The molecule has 0 saturated carbocycles. The lowest BCUT2D eigenvalue weighted by atomic mass is 10.0. The number of ether oxygens (including phenoxy) is 2. The monoisotopic (exact) mass is 342 g/mol. The second kappa shape index (κ2) is 5.96. The first-order valence-corrected chi connectivity index (χ1v) is 8.07. The Morgan fingerprint density at radius 2 is 1.96 bits per heavy atom. The van der Waals surface area contributed by atoms with E-state index in [9.17, 15) is 4.79 Å². The number of aryl methyl sites for hydroxylation is 1. The number of hydrogen-bond acceptors (Lipinski definition) is 4. The largest absolute Gasteiger partial charge is 0.491 e. The highest BCUT2D eigenvalue weighted by Crippen LogP contribution is 2.27. The molecule has 1 fully saturated rings. The van der Waals surface area contributed by atoms with Crippen molar-refractivity contribution in [1.82, 2.24) is 0 Å². The minimum absolute atomic E-state index is 0.0619.